The second-order valence-corrected chi connectivity index (χ2v) is 3.55. The summed E-state index contributed by atoms with van der Waals surface area (Å²) in [6, 6.07) is 4.40. The first kappa shape index (κ1) is 10.2. The highest BCUT2D eigenvalue weighted by Crippen LogP contribution is 2.27. The largest absolute Gasteiger partial charge is 0.481 e. The minimum atomic E-state index is -1.04. The standard InChI is InChI=1S/C9H8BrFO2/c1-5(9(12)13)8-6(10)3-2-4-7(8)11/h2-5H,1H3,(H,12,13). The van der Waals surface area contributed by atoms with Gasteiger partial charge in [0.25, 0.3) is 0 Å². The molecule has 0 bridgehead atoms. The summed E-state index contributed by atoms with van der Waals surface area (Å²) in [6.07, 6.45) is 0. The molecule has 0 aliphatic heterocycles. The zero-order chi connectivity index (χ0) is 10.0. The first-order chi connectivity index (χ1) is 6.04. The van der Waals surface area contributed by atoms with E-state index in [9.17, 15) is 9.18 Å². The van der Waals surface area contributed by atoms with Crippen molar-refractivity contribution in [1.29, 1.82) is 0 Å². The molecule has 70 valence electrons. The molecule has 0 amide bonds. The number of hydrogen-bond donors (Lipinski definition) is 1. The fourth-order valence-electron chi connectivity index (χ4n) is 1.05. The Balaban J connectivity index is 3.20. The fraction of sp³-hybridized carbons (Fsp3) is 0.222. The number of halogens is 2. The Morgan fingerprint density at radius 1 is 1.62 bits per heavy atom. The van der Waals surface area contributed by atoms with Gasteiger partial charge in [-0.2, -0.15) is 0 Å². The summed E-state index contributed by atoms with van der Waals surface area (Å²) in [6.45, 7) is 1.45. The van der Waals surface area contributed by atoms with Crippen LogP contribution in [0.15, 0.2) is 22.7 Å². The Morgan fingerprint density at radius 3 is 2.69 bits per heavy atom. The van der Waals surface area contributed by atoms with Crippen molar-refractivity contribution in [2.75, 3.05) is 0 Å². The predicted octanol–water partition coefficient (Wildman–Crippen LogP) is 2.78. The Bertz CT molecular complexity index is 318. The average Bonchev–Trinajstić information content (AvgIpc) is 2.03. The second kappa shape index (κ2) is 3.87. The number of carbonyl (C=O) groups is 1. The lowest BCUT2D eigenvalue weighted by atomic mass is 10.0. The van der Waals surface area contributed by atoms with Gasteiger partial charge in [0.1, 0.15) is 5.82 Å². The van der Waals surface area contributed by atoms with Crippen LogP contribution in [0.2, 0.25) is 0 Å². The van der Waals surface area contributed by atoms with Crippen molar-refractivity contribution in [3.8, 4) is 0 Å². The third-order valence-electron chi connectivity index (χ3n) is 1.80. The maximum atomic E-state index is 13.2. The zero-order valence-electron chi connectivity index (χ0n) is 6.92. The van der Waals surface area contributed by atoms with E-state index in [0.29, 0.717) is 4.47 Å². The quantitative estimate of drug-likeness (QED) is 0.872. The van der Waals surface area contributed by atoms with Gasteiger partial charge in [0.2, 0.25) is 0 Å². The molecule has 0 fully saturated rings. The summed E-state index contributed by atoms with van der Waals surface area (Å²) in [5, 5.41) is 8.70. The van der Waals surface area contributed by atoms with E-state index in [1.54, 1.807) is 6.07 Å². The SMILES string of the molecule is CC(C(=O)O)c1c(F)cccc1Br. The monoisotopic (exact) mass is 246 g/mol. The van der Waals surface area contributed by atoms with Gasteiger partial charge in [-0.25, -0.2) is 4.39 Å². The second-order valence-electron chi connectivity index (χ2n) is 2.70. The topological polar surface area (TPSA) is 37.3 Å². The minimum Gasteiger partial charge on any atom is -0.481 e. The summed E-state index contributed by atoms with van der Waals surface area (Å²) in [7, 11) is 0. The molecule has 0 saturated heterocycles. The van der Waals surface area contributed by atoms with Gasteiger partial charge in [0.05, 0.1) is 5.92 Å². The van der Waals surface area contributed by atoms with Crippen molar-refractivity contribution in [1.82, 2.24) is 0 Å². The van der Waals surface area contributed by atoms with Gasteiger partial charge in [0.15, 0.2) is 0 Å². The molecule has 0 radical (unpaired) electrons. The molecule has 0 spiro atoms. The molecular formula is C9H8BrFO2. The van der Waals surface area contributed by atoms with E-state index in [-0.39, 0.29) is 5.56 Å². The summed E-state index contributed by atoms with van der Waals surface area (Å²) in [4.78, 5) is 10.6. The lowest BCUT2D eigenvalue weighted by Crippen LogP contribution is -2.09. The molecule has 1 rings (SSSR count). The maximum absolute atomic E-state index is 13.2. The van der Waals surface area contributed by atoms with Gasteiger partial charge in [-0.3, -0.25) is 4.79 Å². The van der Waals surface area contributed by atoms with Gasteiger partial charge in [0, 0.05) is 10.0 Å². The Kier molecular flexibility index (Phi) is 3.03. The fourth-order valence-corrected chi connectivity index (χ4v) is 1.73. The van der Waals surface area contributed by atoms with E-state index in [2.05, 4.69) is 15.9 Å². The molecule has 1 aromatic rings. The summed E-state index contributed by atoms with van der Waals surface area (Å²) in [5.41, 5.74) is 0.190. The van der Waals surface area contributed by atoms with E-state index in [1.807, 2.05) is 0 Å². The van der Waals surface area contributed by atoms with Crippen LogP contribution in [0, 0.1) is 5.82 Å². The molecule has 0 saturated carbocycles. The van der Waals surface area contributed by atoms with E-state index >= 15 is 0 Å². The zero-order valence-corrected chi connectivity index (χ0v) is 8.51. The number of rotatable bonds is 2. The molecule has 1 N–H and O–H groups in total. The number of aliphatic carboxylic acids is 1. The predicted molar refractivity (Wildman–Crippen MR) is 50.2 cm³/mol. The third kappa shape index (κ3) is 2.06. The van der Waals surface area contributed by atoms with Gasteiger partial charge < -0.3 is 5.11 Å². The van der Waals surface area contributed by atoms with Crippen LogP contribution in [0.4, 0.5) is 4.39 Å². The van der Waals surface area contributed by atoms with Gasteiger partial charge in [-0.15, -0.1) is 0 Å². The van der Waals surface area contributed by atoms with E-state index < -0.39 is 17.7 Å². The molecule has 13 heavy (non-hydrogen) atoms. The Hall–Kier alpha value is -0.900. The number of hydrogen-bond acceptors (Lipinski definition) is 1. The van der Waals surface area contributed by atoms with Crippen LogP contribution in [0.1, 0.15) is 18.4 Å². The molecule has 0 heterocycles. The maximum Gasteiger partial charge on any atom is 0.310 e. The van der Waals surface area contributed by atoms with Crippen LogP contribution in [-0.2, 0) is 4.79 Å². The molecule has 0 aliphatic carbocycles. The molecule has 0 aliphatic rings. The van der Waals surface area contributed by atoms with Crippen molar-refractivity contribution in [2.24, 2.45) is 0 Å². The van der Waals surface area contributed by atoms with Crippen LogP contribution in [0.3, 0.4) is 0 Å². The molecule has 1 aromatic carbocycles. The van der Waals surface area contributed by atoms with E-state index in [4.69, 9.17) is 5.11 Å². The minimum absolute atomic E-state index is 0.190. The Morgan fingerprint density at radius 2 is 2.23 bits per heavy atom. The highest BCUT2D eigenvalue weighted by molar-refractivity contribution is 9.10. The number of benzene rings is 1. The van der Waals surface area contributed by atoms with Crippen molar-refractivity contribution >= 4 is 21.9 Å². The molecule has 0 aromatic heterocycles. The van der Waals surface area contributed by atoms with Crippen molar-refractivity contribution in [3.05, 3.63) is 34.1 Å². The lowest BCUT2D eigenvalue weighted by molar-refractivity contribution is -0.138. The van der Waals surface area contributed by atoms with Crippen molar-refractivity contribution in [3.63, 3.8) is 0 Å². The average molecular weight is 247 g/mol. The highest BCUT2D eigenvalue weighted by atomic mass is 79.9. The number of carboxylic acids is 1. The highest BCUT2D eigenvalue weighted by Gasteiger charge is 2.20. The normalized spacial score (nSPS) is 12.5. The molecule has 1 unspecified atom stereocenters. The first-order valence-electron chi connectivity index (χ1n) is 3.70. The Labute approximate surface area is 83.5 Å². The van der Waals surface area contributed by atoms with E-state index in [0.717, 1.165) is 0 Å². The first-order valence-corrected chi connectivity index (χ1v) is 4.50. The van der Waals surface area contributed by atoms with Crippen LogP contribution >= 0.6 is 15.9 Å². The lowest BCUT2D eigenvalue weighted by Gasteiger charge is -2.09. The smallest absolute Gasteiger partial charge is 0.310 e. The molecular weight excluding hydrogens is 239 g/mol. The van der Waals surface area contributed by atoms with Crippen LogP contribution in [-0.4, -0.2) is 11.1 Å². The van der Waals surface area contributed by atoms with Crippen molar-refractivity contribution in [2.45, 2.75) is 12.8 Å². The molecule has 4 heteroatoms. The van der Waals surface area contributed by atoms with Gasteiger partial charge in [-0.05, 0) is 19.1 Å². The molecule has 2 nitrogen and oxygen atoms in total. The van der Waals surface area contributed by atoms with E-state index in [1.165, 1.54) is 19.1 Å². The summed E-state index contributed by atoms with van der Waals surface area (Å²) < 4.78 is 13.7. The number of carboxylic acid groups (broad SMARTS) is 1. The van der Waals surface area contributed by atoms with Gasteiger partial charge >= 0.3 is 5.97 Å². The summed E-state index contributed by atoms with van der Waals surface area (Å²) in [5.74, 6) is -2.37. The van der Waals surface area contributed by atoms with Crippen LogP contribution in [0.5, 0.6) is 0 Å². The molecule has 1 atom stereocenters. The van der Waals surface area contributed by atoms with Gasteiger partial charge in [-0.1, -0.05) is 22.0 Å². The van der Waals surface area contributed by atoms with Crippen LogP contribution in [0.25, 0.3) is 0 Å². The van der Waals surface area contributed by atoms with Crippen LogP contribution < -0.4 is 0 Å². The van der Waals surface area contributed by atoms with Crippen molar-refractivity contribution < 1.29 is 14.3 Å². The summed E-state index contributed by atoms with van der Waals surface area (Å²) >= 11 is 3.11. The third-order valence-corrected chi connectivity index (χ3v) is 2.49.